The smallest absolute Gasteiger partial charge is 0.222 e. The van der Waals surface area contributed by atoms with E-state index in [9.17, 15) is 4.79 Å². The van der Waals surface area contributed by atoms with Gasteiger partial charge in [0.25, 0.3) is 0 Å². The fourth-order valence-electron chi connectivity index (χ4n) is 0.537. The summed E-state index contributed by atoms with van der Waals surface area (Å²) in [6.07, 6.45) is 0.606. The monoisotopic (exact) mass is 165 g/mol. The minimum absolute atomic E-state index is 0. The highest BCUT2D eigenvalue weighted by Crippen LogP contribution is 1.95. The zero-order chi connectivity index (χ0) is 7.44. The van der Waals surface area contributed by atoms with Crippen molar-refractivity contribution in [2.24, 2.45) is 0 Å². The summed E-state index contributed by atoms with van der Waals surface area (Å²) in [5.41, 5.74) is 0. The lowest BCUT2D eigenvalue weighted by Crippen LogP contribution is -2.32. The van der Waals surface area contributed by atoms with Gasteiger partial charge in [-0.15, -0.1) is 12.4 Å². The summed E-state index contributed by atoms with van der Waals surface area (Å²) in [6.45, 7) is 5.89. The number of carbonyl (C=O) groups excluding carboxylic acids is 1. The Kier molecular flexibility index (Phi) is 6.89. The third kappa shape index (κ3) is 3.72. The molecule has 3 heteroatoms. The molecule has 0 aliphatic carbocycles. The third-order valence-corrected chi connectivity index (χ3v) is 1.47. The Morgan fingerprint density at radius 1 is 1.50 bits per heavy atom. The van der Waals surface area contributed by atoms with Crippen molar-refractivity contribution in [3.8, 4) is 0 Å². The first-order valence-corrected chi connectivity index (χ1v) is 3.35. The summed E-state index contributed by atoms with van der Waals surface area (Å²) < 4.78 is 0. The summed E-state index contributed by atoms with van der Waals surface area (Å²) in [4.78, 5) is 12.6. The van der Waals surface area contributed by atoms with Crippen LogP contribution in [-0.2, 0) is 4.79 Å². The van der Waals surface area contributed by atoms with E-state index in [1.165, 1.54) is 0 Å². The molecule has 0 heterocycles. The van der Waals surface area contributed by atoms with E-state index in [2.05, 4.69) is 0 Å². The molecule has 0 rings (SSSR count). The fourth-order valence-corrected chi connectivity index (χ4v) is 0.537. The lowest BCUT2D eigenvalue weighted by atomic mass is 10.3. The second-order valence-corrected chi connectivity index (χ2v) is 2.45. The predicted molar refractivity (Wildman–Crippen MR) is 45.4 cm³/mol. The van der Waals surface area contributed by atoms with Gasteiger partial charge < -0.3 is 4.90 Å². The molecule has 0 saturated carbocycles. The lowest BCUT2D eigenvalue weighted by Gasteiger charge is -2.20. The molecule has 0 saturated heterocycles. The van der Waals surface area contributed by atoms with Gasteiger partial charge in [-0.2, -0.15) is 0 Å². The molecule has 0 atom stereocenters. The molecule has 0 radical (unpaired) electrons. The molecule has 0 spiro atoms. The van der Waals surface area contributed by atoms with Crippen LogP contribution in [0.1, 0.15) is 27.2 Å². The summed E-state index contributed by atoms with van der Waals surface area (Å²) in [7, 11) is 1.83. The largest absolute Gasteiger partial charge is 0.343 e. The molecule has 2 nitrogen and oxygen atoms in total. The molecule has 0 aliphatic heterocycles. The molecule has 62 valence electrons. The molecule has 0 bridgehead atoms. The predicted octanol–water partition coefficient (Wildman–Crippen LogP) is 1.69. The van der Waals surface area contributed by atoms with Crippen molar-refractivity contribution >= 4 is 18.3 Å². The van der Waals surface area contributed by atoms with Crippen LogP contribution in [0.4, 0.5) is 0 Å². The Morgan fingerprint density at radius 2 is 1.90 bits per heavy atom. The minimum Gasteiger partial charge on any atom is -0.343 e. The number of nitrogens with zero attached hydrogens (tertiary/aromatic N) is 1. The zero-order valence-corrected chi connectivity index (χ0v) is 7.86. The molecular weight excluding hydrogens is 150 g/mol. The van der Waals surface area contributed by atoms with Gasteiger partial charge in [-0.25, -0.2) is 0 Å². The van der Waals surface area contributed by atoms with Crippen molar-refractivity contribution < 1.29 is 4.79 Å². The van der Waals surface area contributed by atoms with Crippen molar-refractivity contribution in [3.63, 3.8) is 0 Å². The Balaban J connectivity index is 0. The summed E-state index contributed by atoms with van der Waals surface area (Å²) in [6, 6.07) is 0.331. The van der Waals surface area contributed by atoms with Crippen molar-refractivity contribution in [2.75, 3.05) is 7.05 Å². The molecule has 0 aromatic rings. The first-order chi connectivity index (χ1) is 4.09. The average molecular weight is 166 g/mol. The average Bonchev–Trinajstić information content (AvgIpc) is 1.84. The molecule has 0 aromatic carbocycles. The molecular formula is C7H16ClNO. The van der Waals surface area contributed by atoms with Gasteiger partial charge in [0.2, 0.25) is 5.91 Å². The molecule has 0 aromatic heterocycles. The third-order valence-electron chi connectivity index (χ3n) is 1.47. The van der Waals surface area contributed by atoms with E-state index in [0.717, 1.165) is 0 Å². The molecule has 0 N–H and O–H groups in total. The number of halogens is 1. The van der Waals surface area contributed by atoms with Crippen LogP contribution in [0.2, 0.25) is 0 Å². The number of hydrogen-bond acceptors (Lipinski definition) is 1. The SMILES string of the molecule is CCC(=O)N(C)C(C)C.Cl. The Morgan fingerprint density at radius 3 is 2.00 bits per heavy atom. The van der Waals surface area contributed by atoms with E-state index >= 15 is 0 Å². The number of carbonyl (C=O) groups is 1. The van der Waals surface area contributed by atoms with Crippen LogP contribution in [0.15, 0.2) is 0 Å². The van der Waals surface area contributed by atoms with Crippen LogP contribution in [0.25, 0.3) is 0 Å². The topological polar surface area (TPSA) is 20.3 Å². The van der Waals surface area contributed by atoms with Gasteiger partial charge in [-0.1, -0.05) is 6.92 Å². The standard InChI is InChI=1S/C7H15NO.ClH/c1-5-7(9)8(4)6(2)3;/h6H,5H2,1-4H3;1H. The van der Waals surface area contributed by atoms with Crippen LogP contribution in [0, 0.1) is 0 Å². The Bertz CT molecular complexity index is 104. The quantitative estimate of drug-likeness (QED) is 0.610. The van der Waals surface area contributed by atoms with E-state index in [1.54, 1.807) is 4.90 Å². The van der Waals surface area contributed by atoms with E-state index in [4.69, 9.17) is 0 Å². The summed E-state index contributed by atoms with van der Waals surface area (Å²) in [5, 5.41) is 0. The van der Waals surface area contributed by atoms with E-state index in [-0.39, 0.29) is 18.3 Å². The van der Waals surface area contributed by atoms with Crippen LogP contribution < -0.4 is 0 Å². The first-order valence-electron chi connectivity index (χ1n) is 3.35. The molecule has 0 unspecified atom stereocenters. The van der Waals surface area contributed by atoms with Crippen LogP contribution in [-0.4, -0.2) is 23.9 Å². The second-order valence-electron chi connectivity index (χ2n) is 2.45. The number of amides is 1. The Hall–Kier alpha value is -0.240. The van der Waals surface area contributed by atoms with Gasteiger partial charge in [0.15, 0.2) is 0 Å². The minimum atomic E-state index is 0. The normalized spacial score (nSPS) is 8.90. The van der Waals surface area contributed by atoms with Crippen molar-refractivity contribution in [1.29, 1.82) is 0 Å². The van der Waals surface area contributed by atoms with Gasteiger partial charge in [0.05, 0.1) is 0 Å². The second kappa shape index (κ2) is 5.54. The summed E-state index contributed by atoms with van der Waals surface area (Å²) >= 11 is 0. The maximum Gasteiger partial charge on any atom is 0.222 e. The highest BCUT2D eigenvalue weighted by atomic mass is 35.5. The molecule has 1 amide bonds. The van der Waals surface area contributed by atoms with Crippen LogP contribution in [0.3, 0.4) is 0 Å². The highest BCUT2D eigenvalue weighted by molar-refractivity contribution is 5.85. The molecule has 0 fully saturated rings. The first kappa shape index (κ1) is 12.4. The van der Waals surface area contributed by atoms with Crippen molar-refractivity contribution in [2.45, 2.75) is 33.2 Å². The van der Waals surface area contributed by atoms with Gasteiger partial charge in [0.1, 0.15) is 0 Å². The van der Waals surface area contributed by atoms with Gasteiger partial charge >= 0.3 is 0 Å². The highest BCUT2D eigenvalue weighted by Gasteiger charge is 2.07. The summed E-state index contributed by atoms with van der Waals surface area (Å²) in [5.74, 6) is 0.213. The molecule has 0 aliphatic rings. The van der Waals surface area contributed by atoms with E-state index in [1.807, 2.05) is 27.8 Å². The molecule has 10 heavy (non-hydrogen) atoms. The van der Waals surface area contributed by atoms with Crippen LogP contribution in [0.5, 0.6) is 0 Å². The van der Waals surface area contributed by atoms with Gasteiger partial charge in [0, 0.05) is 19.5 Å². The van der Waals surface area contributed by atoms with Crippen molar-refractivity contribution in [1.82, 2.24) is 4.90 Å². The maximum atomic E-state index is 10.9. The van der Waals surface area contributed by atoms with Crippen molar-refractivity contribution in [3.05, 3.63) is 0 Å². The van der Waals surface area contributed by atoms with Crippen LogP contribution >= 0.6 is 12.4 Å². The lowest BCUT2D eigenvalue weighted by molar-refractivity contribution is -0.130. The van der Waals surface area contributed by atoms with E-state index < -0.39 is 0 Å². The van der Waals surface area contributed by atoms with Gasteiger partial charge in [-0.3, -0.25) is 4.79 Å². The number of hydrogen-bond donors (Lipinski definition) is 0. The number of rotatable bonds is 2. The maximum absolute atomic E-state index is 10.9. The van der Waals surface area contributed by atoms with Gasteiger partial charge in [-0.05, 0) is 13.8 Å². The fraction of sp³-hybridized carbons (Fsp3) is 0.857. The zero-order valence-electron chi connectivity index (χ0n) is 7.05. The van der Waals surface area contributed by atoms with E-state index in [0.29, 0.717) is 12.5 Å². The Labute approximate surface area is 69.0 Å².